The second kappa shape index (κ2) is 10.2. The average Bonchev–Trinajstić information content (AvgIpc) is 3.63. The lowest BCUT2D eigenvalue weighted by atomic mass is 10.0. The van der Waals surface area contributed by atoms with Crippen LogP contribution in [-0.2, 0) is 6.42 Å². The summed E-state index contributed by atoms with van der Waals surface area (Å²) >= 11 is 0. The van der Waals surface area contributed by atoms with Crippen molar-refractivity contribution < 1.29 is 18.3 Å². The number of rotatable bonds is 7. The maximum atomic E-state index is 15.1. The van der Waals surface area contributed by atoms with Crippen molar-refractivity contribution in [2.75, 3.05) is 18.0 Å². The van der Waals surface area contributed by atoms with Gasteiger partial charge in [-0.05, 0) is 73.0 Å². The van der Waals surface area contributed by atoms with Crippen LogP contribution in [0.1, 0.15) is 28.8 Å². The Morgan fingerprint density at radius 1 is 0.923 bits per heavy atom. The number of anilines is 1. The van der Waals surface area contributed by atoms with Crippen molar-refractivity contribution in [1.82, 2.24) is 14.2 Å². The van der Waals surface area contributed by atoms with Crippen molar-refractivity contribution >= 4 is 17.0 Å². The Morgan fingerprint density at radius 2 is 1.72 bits per heavy atom. The van der Waals surface area contributed by atoms with Crippen LogP contribution in [0.15, 0.2) is 90.1 Å². The Bertz CT molecular complexity index is 1740. The number of pyridine rings is 2. The van der Waals surface area contributed by atoms with Crippen molar-refractivity contribution in [3.63, 3.8) is 0 Å². The quantitative estimate of drug-likeness (QED) is 0.259. The molecule has 1 saturated heterocycles. The number of benzene rings is 2. The monoisotopic (exact) mass is 526 g/mol. The van der Waals surface area contributed by atoms with Crippen molar-refractivity contribution in [2.45, 2.75) is 19.3 Å². The first-order valence-corrected chi connectivity index (χ1v) is 12.7. The molecule has 1 aliphatic rings. The van der Waals surface area contributed by atoms with E-state index in [4.69, 9.17) is 4.74 Å². The van der Waals surface area contributed by atoms with Crippen LogP contribution in [-0.4, -0.2) is 33.1 Å². The first-order valence-electron chi connectivity index (χ1n) is 12.7. The summed E-state index contributed by atoms with van der Waals surface area (Å²) in [5, 5.41) is 4.32. The Balaban J connectivity index is 1.23. The molecular weight excluding hydrogens is 502 g/mol. The van der Waals surface area contributed by atoms with Crippen LogP contribution in [0.3, 0.4) is 0 Å². The van der Waals surface area contributed by atoms with Crippen LogP contribution in [0, 0.1) is 11.6 Å². The van der Waals surface area contributed by atoms with Gasteiger partial charge in [0.25, 0.3) is 5.56 Å². The van der Waals surface area contributed by atoms with Crippen LogP contribution < -0.4 is 15.2 Å². The first kappa shape index (κ1) is 24.5. The summed E-state index contributed by atoms with van der Waals surface area (Å²) in [7, 11) is 0. The molecule has 0 atom stereocenters. The molecule has 0 saturated carbocycles. The molecule has 3 aromatic heterocycles. The lowest BCUT2D eigenvalue weighted by Crippen LogP contribution is -2.25. The second-order valence-electron chi connectivity index (χ2n) is 9.46. The van der Waals surface area contributed by atoms with Gasteiger partial charge in [0, 0.05) is 37.5 Å². The van der Waals surface area contributed by atoms with E-state index >= 15 is 4.39 Å². The Morgan fingerprint density at radius 3 is 2.49 bits per heavy atom. The number of Topliss-reactive ketones (excluding diaryl/α,β-unsaturated/α-hetero) is 1. The van der Waals surface area contributed by atoms with Gasteiger partial charge in [0.1, 0.15) is 11.3 Å². The molecule has 0 aliphatic carbocycles. The number of fused-ring (bicyclic) bond motifs is 1. The molecule has 1 fully saturated rings. The Hall–Kier alpha value is -4.79. The van der Waals surface area contributed by atoms with Gasteiger partial charge < -0.3 is 9.64 Å². The third kappa shape index (κ3) is 4.90. The summed E-state index contributed by atoms with van der Waals surface area (Å²) in [6.07, 6.45) is 7.17. The number of carbonyl (C=O) groups is 1. The van der Waals surface area contributed by atoms with Gasteiger partial charge in [-0.15, -0.1) is 0 Å². The molecular formula is C30H24F2N4O3. The zero-order valence-electron chi connectivity index (χ0n) is 20.9. The minimum absolute atomic E-state index is 0.0197. The minimum Gasteiger partial charge on any atom is -0.452 e. The largest absolute Gasteiger partial charge is 0.452 e. The molecule has 5 aromatic rings. The number of hydrogen-bond donors (Lipinski definition) is 0. The van der Waals surface area contributed by atoms with Gasteiger partial charge in [0.05, 0.1) is 23.6 Å². The predicted molar refractivity (Wildman–Crippen MR) is 143 cm³/mol. The summed E-state index contributed by atoms with van der Waals surface area (Å²) in [4.78, 5) is 28.2. The summed E-state index contributed by atoms with van der Waals surface area (Å²) in [6, 6.07) is 16.4. The molecule has 4 heterocycles. The number of aromatic nitrogens is 3. The fourth-order valence-corrected chi connectivity index (χ4v) is 4.86. The molecule has 0 spiro atoms. The molecule has 0 unspecified atom stereocenters. The van der Waals surface area contributed by atoms with Gasteiger partial charge in [-0.1, -0.05) is 6.07 Å². The highest BCUT2D eigenvalue weighted by Crippen LogP contribution is 2.33. The summed E-state index contributed by atoms with van der Waals surface area (Å²) in [6.45, 7) is 1.89. The molecule has 39 heavy (non-hydrogen) atoms. The normalized spacial score (nSPS) is 13.2. The molecule has 1 aliphatic heterocycles. The van der Waals surface area contributed by atoms with Crippen LogP contribution >= 0.6 is 0 Å². The van der Waals surface area contributed by atoms with Crippen LogP contribution in [0.4, 0.5) is 14.5 Å². The number of halogens is 2. The lowest BCUT2D eigenvalue weighted by Gasteiger charge is -2.19. The zero-order valence-corrected chi connectivity index (χ0v) is 20.9. The number of nitrogens with zero attached hydrogens (tertiary/aromatic N) is 4. The van der Waals surface area contributed by atoms with Crippen LogP contribution in [0.2, 0.25) is 0 Å². The fraction of sp³-hybridized carbons (Fsp3) is 0.167. The van der Waals surface area contributed by atoms with Crippen molar-refractivity contribution in [3.05, 3.63) is 118 Å². The predicted octanol–water partition coefficient (Wildman–Crippen LogP) is 5.58. The highest BCUT2D eigenvalue weighted by molar-refractivity contribution is 5.97. The molecule has 6 rings (SSSR count). The SMILES string of the molecule is O=C(Cc1ccc(Oc2cc(N3CCCC3)cn3nccc23)c(F)c1)c1cccn(-c2ccc(F)cc2)c1=O. The molecule has 0 bridgehead atoms. The molecule has 196 valence electrons. The zero-order chi connectivity index (χ0) is 26.9. The smallest absolute Gasteiger partial charge is 0.265 e. The molecule has 0 amide bonds. The number of hydrogen-bond acceptors (Lipinski definition) is 5. The number of ketones is 1. The number of carbonyl (C=O) groups excluding carboxylic acids is 1. The molecule has 7 nitrogen and oxygen atoms in total. The standard InChI is InChI=1S/C30H24F2N4O3/c31-21-6-8-22(9-7-21)35-15-3-4-24(30(35)38)27(37)17-20-5-10-28(25(32)16-20)39-29-18-23(34-13-1-2-14-34)19-36-26(29)11-12-33-36/h3-12,15-16,18-19H,1-2,13-14,17H2. The van der Waals surface area contributed by atoms with Gasteiger partial charge in [-0.25, -0.2) is 13.3 Å². The van der Waals surface area contributed by atoms with Crippen LogP contribution in [0.5, 0.6) is 11.5 Å². The summed E-state index contributed by atoms with van der Waals surface area (Å²) in [5.41, 5.74) is 1.93. The van der Waals surface area contributed by atoms with E-state index in [1.165, 1.54) is 53.2 Å². The minimum atomic E-state index is -0.624. The van der Waals surface area contributed by atoms with Gasteiger partial charge in [0.2, 0.25) is 0 Å². The Labute approximate surface area is 222 Å². The highest BCUT2D eigenvalue weighted by Gasteiger charge is 2.18. The van der Waals surface area contributed by atoms with Gasteiger partial charge >= 0.3 is 0 Å². The van der Waals surface area contributed by atoms with Gasteiger partial charge in [-0.3, -0.25) is 14.2 Å². The van der Waals surface area contributed by atoms with Gasteiger partial charge in [-0.2, -0.15) is 5.10 Å². The molecule has 0 radical (unpaired) electrons. The molecule has 0 N–H and O–H groups in total. The van der Waals surface area contributed by atoms with E-state index in [-0.39, 0.29) is 17.7 Å². The van der Waals surface area contributed by atoms with E-state index in [0.29, 0.717) is 22.5 Å². The van der Waals surface area contributed by atoms with E-state index in [0.717, 1.165) is 31.6 Å². The second-order valence-corrected chi connectivity index (χ2v) is 9.46. The van der Waals surface area contributed by atoms with Gasteiger partial charge in [0.15, 0.2) is 23.1 Å². The molecule has 2 aromatic carbocycles. The third-order valence-corrected chi connectivity index (χ3v) is 6.86. The highest BCUT2D eigenvalue weighted by atomic mass is 19.1. The summed E-state index contributed by atoms with van der Waals surface area (Å²) in [5.74, 6) is -1.01. The Kier molecular flexibility index (Phi) is 6.40. The maximum Gasteiger partial charge on any atom is 0.265 e. The fourth-order valence-electron chi connectivity index (χ4n) is 4.86. The van der Waals surface area contributed by atoms with E-state index in [2.05, 4.69) is 10.00 Å². The van der Waals surface area contributed by atoms with Crippen molar-refractivity contribution in [3.8, 4) is 17.2 Å². The van der Waals surface area contributed by atoms with Crippen LogP contribution in [0.25, 0.3) is 11.2 Å². The first-order chi connectivity index (χ1) is 19.0. The van der Waals surface area contributed by atoms with E-state index in [9.17, 15) is 14.0 Å². The number of ether oxygens (including phenoxy) is 1. The van der Waals surface area contributed by atoms with E-state index in [1.54, 1.807) is 28.9 Å². The molecule has 9 heteroatoms. The summed E-state index contributed by atoms with van der Waals surface area (Å²) < 4.78 is 37.4. The maximum absolute atomic E-state index is 15.1. The average molecular weight is 527 g/mol. The van der Waals surface area contributed by atoms with E-state index < -0.39 is 23.0 Å². The third-order valence-electron chi connectivity index (χ3n) is 6.86. The van der Waals surface area contributed by atoms with Crippen molar-refractivity contribution in [2.24, 2.45) is 0 Å². The van der Waals surface area contributed by atoms with E-state index in [1.807, 2.05) is 12.3 Å². The lowest BCUT2D eigenvalue weighted by molar-refractivity contribution is 0.0991. The topological polar surface area (TPSA) is 68.8 Å². The van der Waals surface area contributed by atoms with Crippen molar-refractivity contribution in [1.29, 1.82) is 0 Å².